The van der Waals surface area contributed by atoms with E-state index in [0.717, 1.165) is 6.20 Å². The molecule has 14 heteroatoms. The normalized spacial score (nSPS) is 16.6. The number of piperidine rings is 1. The zero-order valence-corrected chi connectivity index (χ0v) is 19.9. The smallest absolute Gasteiger partial charge is 0.388 e. The van der Waals surface area contributed by atoms with Gasteiger partial charge in [-0.25, -0.2) is 14.1 Å². The lowest BCUT2D eigenvalue weighted by Gasteiger charge is -2.38. The second-order valence-corrected chi connectivity index (χ2v) is 9.30. The Morgan fingerprint density at radius 2 is 1.84 bits per heavy atom. The number of amides is 1. The summed E-state index contributed by atoms with van der Waals surface area (Å²) >= 11 is 0. The molecule has 1 aliphatic rings. The quantitative estimate of drug-likeness (QED) is 0.382. The van der Waals surface area contributed by atoms with Gasteiger partial charge in [-0.2, -0.15) is 23.4 Å². The number of carbonyl (C=O) groups excluding carboxylic acids is 1. The first-order valence-corrected chi connectivity index (χ1v) is 11.8. The van der Waals surface area contributed by atoms with Crippen molar-refractivity contribution in [2.75, 3.05) is 13.1 Å². The number of hydrogen-bond donors (Lipinski definition) is 1. The Morgan fingerprint density at radius 1 is 1.13 bits per heavy atom. The largest absolute Gasteiger partial charge is 0.411 e. The van der Waals surface area contributed by atoms with Gasteiger partial charge in [0.15, 0.2) is 11.7 Å². The van der Waals surface area contributed by atoms with Crippen molar-refractivity contribution in [3.05, 3.63) is 71.4 Å². The molecule has 4 aromatic rings. The van der Waals surface area contributed by atoms with Crippen LogP contribution >= 0.6 is 0 Å². The Morgan fingerprint density at radius 3 is 2.47 bits per heavy atom. The van der Waals surface area contributed by atoms with Crippen LogP contribution < -0.4 is 5.56 Å². The van der Waals surface area contributed by atoms with Gasteiger partial charge in [-0.05, 0) is 43.2 Å². The average molecular weight is 533 g/mol. The van der Waals surface area contributed by atoms with Crippen molar-refractivity contribution in [2.45, 2.75) is 43.6 Å². The van der Waals surface area contributed by atoms with Crippen molar-refractivity contribution >= 4 is 16.9 Å². The molecule has 5 rings (SSSR count). The minimum absolute atomic E-state index is 0.0337. The van der Waals surface area contributed by atoms with Gasteiger partial charge in [0.05, 0.1) is 30.5 Å². The Balaban J connectivity index is 1.26. The molecule has 0 radical (unpaired) electrons. The van der Waals surface area contributed by atoms with E-state index in [1.807, 2.05) is 0 Å². The third kappa shape index (κ3) is 5.03. The molecule has 0 spiro atoms. The van der Waals surface area contributed by atoms with Crippen LogP contribution in [-0.4, -0.2) is 69.9 Å². The van der Waals surface area contributed by atoms with Crippen LogP contribution in [0.1, 0.15) is 25.3 Å². The maximum Gasteiger partial charge on any atom is 0.411 e. The van der Waals surface area contributed by atoms with Crippen LogP contribution in [0.15, 0.2) is 60.0 Å². The number of aliphatic hydroxyl groups is 1. The van der Waals surface area contributed by atoms with Crippen LogP contribution in [0.4, 0.5) is 17.6 Å². The fourth-order valence-electron chi connectivity index (χ4n) is 4.60. The first kappa shape index (κ1) is 25.6. The predicted molar refractivity (Wildman–Crippen MR) is 126 cm³/mol. The molecule has 10 nitrogen and oxygen atoms in total. The zero-order chi connectivity index (χ0) is 27.1. The number of fused-ring (bicyclic) bond motifs is 1. The number of rotatable bonds is 6. The molecule has 1 fully saturated rings. The molecule has 1 aromatic carbocycles. The van der Waals surface area contributed by atoms with Crippen LogP contribution in [-0.2, 0) is 11.3 Å². The van der Waals surface area contributed by atoms with Gasteiger partial charge < -0.3 is 10.0 Å². The number of aromatic nitrogens is 6. The minimum Gasteiger partial charge on any atom is -0.388 e. The molecule has 1 N–H and O–H groups in total. The zero-order valence-electron chi connectivity index (χ0n) is 19.9. The van der Waals surface area contributed by atoms with E-state index in [1.54, 1.807) is 0 Å². The van der Waals surface area contributed by atoms with Crippen molar-refractivity contribution < 1.29 is 27.5 Å². The molecule has 200 valence electrons. The van der Waals surface area contributed by atoms with Crippen LogP contribution in [0.3, 0.4) is 0 Å². The summed E-state index contributed by atoms with van der Waals surface area (Å²) in [5.41, 5.74) is -1.03. The molecule has 0 bridgehead atoms. The summed E-state index contributed by atoms with van der Waals surface area (Å²) in [5.74, 6) is -1.11. The number of benzene rings is 1. The van der Waals surface area contributed by atoms with E-state index in [-0.39, 0.29) is 43.5 Å². The van der Waals surface area contributed by atoms with Gasteiger partial charge in [-0.1, -0.05) is 0 Å². The highest BCUT2D eigenvalue weighted by Crippen LogP contribution is 2.34. The monoisotopic (exact) mass is 533 g/mol. The second kappa shape index (κ2) is 9.67. The third-order valence-corrected chi connectivity index (χ3v) is 6.73. The van der Waals surface area contributed by atoms with Crippen LogP contribution in [0.2, 0.25) is 0 Å². The van der Waals surface area contributed by atoms with E-state index in [2.05, 4.69) is 15.2 Å². The molecule has 1 saturated heterocycles. The molecule has 0 aliphatic carbocycles. The van der Waals surface area contributed by atoms with E-state index in [9.17, 15) is 32.3 Å². The van der Waals surface area contributed by atoms with Gasteiger partial charge in [0.25, 0.3) is 5.56 Å². The number of halogens is 4. The summed E-state index contributed by atoms with van der Waals surface area (Å²) in [6.07, 6.45) is -0.338. The van der Waals surface area contributed by atoms with E-state index in [1.165, 1.54) is 63.2 Å². The lowest BCUT2D eigenvalue weighted by atomic mass is 9.91. The first-order chi connectivity index (χ1) is 18.0. The minimum atomic E-state index is -4.66. The lowest BCUT2D eigenvalue weighted by Crippen LogP contribution is -2.50. The number of hydrogen-bond acceptors (Lipinski definition) is 6. The summed E-state index contributed by atoms with van der Waals surface area (Å²) in [4.78, 5) is 31.3. The van der Waals surface area contributed by atoms with Gasteiger partial charge in [0, 0.05) is 25.5 Å². The highest BCUT2D eigenvalue weighted by atomic mass is 19.4. The number of likely N-dealkylation sites (tertiary alicyclic amines) is 1. The fraction of sp³-hybridized carbons (Fsp3) is 0.375. The van der Waals surface area contributed by atoms with E-state index < -0.39 is 41.5 Å². The Kier molecular flexibility index (Phi) is 6.51. The molecule has 1 atom stereocenters. The summed E-state index contributed by atoms with van der Waals surface area (Å²) < 4.78 is 57.1. The molecule has 38 heavy (non-hydrogen) atoms. The maximum atomic E-state index is 13.5. The van der Waals surface area contributed by atoms with Gasteiger partial charge in [0.2, 0.25) is 5.91 Å². The molecule has 4 heterocycles. The van der Waals surface area contributed by atoms with E-state index in [4.69, 9.17) is 0 Å². The van der Waals surface area contributed by atoms with Crippen LogP contribution in [0.25, 0.3) is 16.7 Å². The van der Waals surface area contributed by atoms with Gasteiger partial charge in [0.1, 0.15) is 17.5 Å². The maximum absolute atomic E-state index is 13.5. The average Bonchev–Trinajstić information content (AvgIpc) is 3.55. The van der Waals surface area contributed by atoms with Gasteiger partial charge >= 0.3 is 6.18 Å². The lowest BCUT2D eigenvalue weighted by molar-refractivity contribution is -0.178. The molecular formula is C24H23F4N7O3. The van der Waals surface area contributed by atoms with E-state index >= 15 is 0 Å². The van der Waals surface area contributed by atoms with Crippen molar-refractivity contribution in [3.8, 4) is 5.69 Å². The standard InChI is InChI=1S/C24H23F4N7O3/c25-16-2-4-17(5-3-16)35-21-18(13-31-35)22(37)33(15-29-21)14-23(38)6-10-32(11-7-23)20(36)12-19(24(26,27)28)34-9-1-8-30-34/h1-5,8-9,13,15,19,38H,6-7,10-12,14H2/t19-/m0/s1. The summed E-state index contributed by atoms with van der Waals surface area (Å²) in [6.45, 7) is -0.0468. The highest BCUT2D eigenvalue weighted by molar-refractivity contribution is 5.77. The van der Waals surface area contributed by atoms with Crippen LogP contribution in [0, 0.1) is 5.82 Å². The molecule has 1 amide bonds. The highest BCUT2D eigenvalue weighted by Gasteiger charge is 2.44. The Labute approximate surface area is 212 Å². The fourth-order valence-corrected chi connectivity index (χ4v) is 4.60. The third-order valence-electron chi connectivity index (χ3n) is 6.73. The number of nitrogens with zero attached hydrogens (tertiary/aromatic N) is 7. The van der Waals surface area contributed by atoms with Crippen molar-refractivity contribution in [1.29, 1.82) is 0 Å². The molecular weight excluding hydrogens is 510 g/mol. The van der Waals surface area contributed by atoms with Gasteiger partial charge in [-0.15, -0.1) is 0 Å². The predicted octanol–water partition coefficient (Wildman–Crippen LogP) is 2.47. The second-order valence-electron chi connectivity index (χ2n) is 9.30. The van der Waals surface area contributed by atoms with Crippen molar-refractivity contribution in [2.24, 2.45) is 0 Å². The topological polar surface area (TPSA) is 111 Å². The SMILES string of the molecule is O=C(C[C@H](n1cccn1)C(F)(F)F)N1CCC(O)(Cn2cnc3c(cnn3-c3ccc(F)cc3)c2=O)CC1. The summed E-state index contributed by atoms with van der Waals surface area (Å²) in [5, 5.41) is 19.1. The van der Waals surface area contributed by atoms with Gasteiger partial charge in [-0.3, -0.25) is 18.8 Å². The van der Waals surface area contributed by atoms with Crippen molar-refractivity contribution in [1.82, 2.24) is 34.0 Å². The molecule has 1 aliphatic heterocycles. The number of alkyl halides is 3. The first-order valence-electron chi connectivity index (χ1n) is 11.8. The van der Waals surface area contributed by atoms with Crippen molar-refractivity contribution in [3.63, 3.8) is 0 Å². The summed E-state index contributed by atoms with van der Waals surface area (Å²) in [6, 6.07) is 4.79. The number of carbonyl (C=O) groups is 1. The molecule has 3 aromatic heterocycles. The van der Waals surface area contributed by atoms with Crippen LogP contribution in [0.5, 0.6) is 0 Å². The molecule has 0 unspecified atom stereocenters. The molecule has 0 saturated carbocycles. The Hall–Kier alpha value is -4.07. The summed E-state index contributed by atoms with van der Waals surface area (Å²) in [7, 11) is 0. The van der Waals surface area contributed by atoms with E-state index in [0.29, 0.717) is 10.4 Å². The Bertz CT molecular complexity index is 1490.